The number of carbonyl (C=O) groups excluding carboxylic acids is 2. The van der Waals surface area contributed by atoms with Crippen LogP contribution in [0, 0.1) is 23.1 Å². The van der Waals surface area contributed by atoms with E-state index in [-0.39, 0.29) is 32.5 Å². The third-order valence-electron chi connectivity index (χ3n) is 7.02. The monoisotopic (exact) mass is 694 g/mol. The standard InChI is InChI=1S/C34H40F2N6O4SSi/c1-33(2,3)45-31(43)40-30-39-27-21(10-11-23(35)28(27)47-30)24-20(12-17-48(7,8)9)18-22-26(25(24)36)37-19-38-29(22)41-13-15-42(16-14-41)32(44)46-34(4,5)6/h10-11,18-19H,13-16H2,1-9H3,(H,39,40,43). The van der Waals surface area contributed by atoms with E-state index in [4.69, 9.17) is 9.47 Å². The van der Waals surface area contributed by atoms with Crippen molar-refractivity contribution in [3.05, 3.63) is 41.7 Å². The van der Waals surface area contributed by atoms with Crippen LogP contribution in [0.25, 0.3) is 32.2 Å². The summed E-state index contributed by atoms with van der Waals surface area (Å²) < 4.78 is 43.0. The molecule has 2 aromatic carbocycles. The fraction of sp³-hybridized carbons (Fsp3) is 0.441. The number of nitrogens with zero attached hydrogens (tertiary/aromatic N) is 5. The number of carbonyl (C=O) groups is 2. The SMILES string of the molecule is CC(C)(C)OC(=O)Nc1nc2c(-c3c(C#C[Si](C)(C)C)cc4c(N5CCN(C(=O)OC(C)(C)C)CC5)ncnc4c3F)ccc(F)c2s1. The van der Waals surface area contributed by atoms with Crippen LogP contribution in [0.4, 0.5) is 29.3 Å². The number of hydrogen-bond donors (Lipinski definition) is 1. The van der Waals surface area contributed by atoms with E-state index in [9.17, 15) is 9.59 Å². The van der Waals surface area contributed by atoms with Gasteiger partial charge in [0.05, 0.1) is 10.2 Å². The lowest BCUT2D eigenvalue weighted by Crippen LogP contribution is -2.50. The molecule has 2 amide bonds. The molecule has 0 saturated carbocycles. The highest BCUT2D eigenvalue weighted by Crippen LogP contribution is 2.41. The molecular weight excluding hydrogens is 655 g/mol. The van der Waals surface area contributed by atoms with Crippen LogP contribution in [0.15, 0.2) is 24.5 Å². The lowest BCUT2D eigenvalue weighted by Gasteiger charge is -2.36. The molecule has 1 aliphatic heterocycles. The molecule has 1 N–H and O–H groups in total. The van der Waals surface area contributed by atoms with E-state index in [0.717, 1.165) is 11.3 Å². The Bertz CT molecular complexity index is 1960. The van der Waals surface area contributed by atoms with E-state index in [1.165, 1.54) is 18.5 Å². The van der Waals surface area contributed by atoms with Crippen molar-refractivity contribution in [3.8, 4) is 22.6 Å². The maximum Gasteiger partial charge on any atom is 0.413 e. The summed E-state index contributed by atoms with van der Waals surface area (Å²) in [5.41, 5.74) is 3.05. The van der Waals surface area contributed by atoms with Gasteiger partial charge in [0.1, 0.15) is 42.8 Å². The highest BCUT2D eigenvalue weighted by Gasteiger charge is 2.29. The first-order chi connectivity index (χ1) is 22.3. The average molecular weight is 695 g/mol. The minimum absolute atomic E-state index is 0.0722. The van der Waals surface area contributed by atoms with E-state index in [1.807, 2.05) is 25.7 Å². The summed E-state index contributed by atoms with van der Waals surface area (Å²) in [6.45, 7) is 18.6. The Morgan fingerprint density at radius 1 is 0.958 bits per heavy atom. The lowest BCUT2D eigenvalue weighted by atomic mass is 9.96. The minimum Gasteiger partial charge on any atom is -0.444 e. The number of piperazine rings is 1. The van der Waals surface area contributed by atoms with Gasteiger partial charge < -0.3 is 19.3 Å². The molecule has 0 spiro atoms. The molecular formula is C34H40F2N6O4SSi. The number of ether oxygens (including phenoxy) is 2. The second-order valence-corrected chi connectivity index (χ2v) is 20.3. The van der Waals surface area contributed by atoms with Gasteiger partial charge in [0, 0.05) is 48.3 Å². The highest BCUT2D eigenvalue weighted by atomic mass is 32.1. The summed E-state index contributed by atoms with van der Waals surface area (Å²) in [7, 11) is -1.94. The molecule has 4 aromatic rings. The summed E-state index contributed by atoms with van der Waals surface area (Å²) in [5.74, 6) is 2.54. The number of rotatable bonds is 3. The second kappa shape index (κ2) is 12.9. The van der Waals surface area contributed by atoms with Crippen molar-refractivity contribution in [1.82, 2.24) is 19.9 Å². The zero-order valence-electron chi connectivity index (χ0n) is 28.7. The summed E-state index contributed by atoms with van der Waals surface area (Å²) >= 11 is 0.927. The van der Waals surface area contributed by atoms with Gasteiger partial charge in [-0.2, -0.15) is 0 Å². The predicted octanol–water partition coefficient (Wildman–Crippen LogP) is 7.82. The summed E-state index contributed by atoms with van der Waals surface area (Å²) in [4.78, 5) is 42.1. The van der Waals surface area contributed by atoms with Gasteiger partial charge in [-0.1, -0.05) is 36.9 Å². The normalized spacial score (nSPS) is 14.1. The van der Waals surface area contributed by atoms with Crippen LogP contribution in [0.2, 0.25) is 19.6 Å². The Hall–Kier alpha value is -4.35. The number of benzene rings is 2. The number of hydrogen-bond acceptors (Lipinski definition) is 9. The molecule has 2 aromatic heterocycles. The molecule has 0 unspecified atom stereocenters. The van der Waals surface area contributed by atoms with Gasteiger partial charge in [-0.15, -0.1) is 5.54 Å². The van der Waals surface area contributed by atoms with Crippen LogP contribution in [-0.4, -0.2) is 77.5 Å². The first kappa shape index (κ1) is 35.0. The van der Waals surface area contributed by atoms with Gasteiger partial charge in [0.15, 0.2) is 10.9 Å². The lowest BCUT2D eigenvalue weighted by molar-refractivity contribution is 0.0240. The number of thiazole rings is 1. The maximum atomic E-state index is 16.9. The molecule has 0 radical (unpaired) electrons. The topological polar surface area (TPSA) is 110 Å². The summed E-state index contributed by atoms with van der Waals surface area (Å²) in [6, 6.07) is 4.50. The average Bonchev–Trinajstić information content (AvgIpc) is 3.39. The Labute approximate surface area is 283 Å². The molecule has 0 aliphatic carbocycles. The number of fused-ring (bicyclic) bond motifs is 2. The van der Waals surface area contributed by atoms with Crippen LogP contribution in [-0.2, 0) is 9.47 Å². The van der Waals surface area contributed by atoms with Gasteiger partial charge in [-0.05, 0) is 59.7 Å². The molecule has 1 saturated heterocycles. The summed E-state index contributed by atoms with van der Waals surface area (Å²) in [6.07, 6.45) is 0.189. The van der Waals surface area contributed by atoms with Crippen molar-refractivity contribution >= 4 is 63.7 Å². The van der Waals surface area contributed by atoms with E-state index in [1.54, 1.807) is 31.7 Å². The first-order valence-corrected chi connectivity index (χ1v) is 19.9. The highest BCUT2D eigenvalue weighted by molar-refractivity contribution is 7.22. The van der Waals surface area contributed by atoms with E-state index in [2.05, 4.69) is 51.4 Å². The molecule has 254 valence electrons. The van der Waals surface area contributed by atoms with Crippen molar-refractivity contribution in [2.24, 2.45) is 0 Å². The van der Waals surface area contributed by atoms with Gasteiger partial charge >= 0.3 is 12.2 Å². The van der Waals surface area contributed by atoms with Crippen LogP contribution >= 0.6 is 11.3 Å². The Morgan fingerprint density at radius 2 is 1.62 bits per heavy atom. The van der Waals surface area contributed by atoms with Crippen LogP contribution in [0.5, 0.6) is 0 Å². The van der Waals surface area contributed by atoms with Gasteiger partial charge in [0.25, 0.3) is 0 Å². The quantitative estimate of drug-likeness (QED) is 0.171. The number of amides is 2. The van der Waals surface area contributed by atoms with Gasteiger partial charge in [0.2, 0.25) is 0 Å². The van der Waals surface area contributed by atoms with Crippen molar-refractivity contribution in [3.63, 3.8) is 0 Å². The zero-order valence-corrected chi connectivity index (χ0v) is 30.5. The van der Waals surface area contributed by atoms with E-state index >= 15 is 8.78 Å². The smallest absolute Gasteiger partial charge is 0.413 e. The molecule has 5 rings (SSSR count). The fourth-order valence-electron chi connectivity index (χ4n) is 5.07. The third-order valence-corrected chi connectivity index (χ3v) is 8.88. The Kier molecular flexibility index (Phi) is 9.42. The van der Waals surface area contributed by atoms with Crippen molar-refractivity contribution in [2.75, 3.05) is 36.4 Å². The number of anilines is 2. The van der Waals surface area contributed by atoms with Crippen LogP contribution in [0.3, 0.4) is 0 Å². The zero-order chi connectivity index (χ0) is 35.2. The minimum atomic E-state index is -1.94. The molecule has 3 heterocycles. The van der Waals surface area contributed by atoms with E-state index < -0.39 is 37.0 Å². The van der Waals surface area contributed by atoms with E-state index in [0.29, 0.717) is 48.5 Å². The maximum absolute atomic E-state index is 16.9. The van der Waals surface area contributed by atoms with Crippen LogP contribution < -0.4 is 10.2 Å². The Balaban J connectivity index is 1.60. The predicted molar refractivity (Wildman–Crippen MR) is 188 cm³/mol. The first-order valence-electron chi connectivity index (χ1n) is 15.6. The molecule has 0 bridgehead atoms. The Morgan fingerprint density at radius 3 is 2.25 bits per heavy atom. The molecule has 1 aliphatic rings. The van der Waals surface area contributed by atoms with Crippen molar-refractivity contribution < 1.29 is 27.8 Å². The second-order valence-electron chi connectivity index (χ2n) is 14.6. The number of nitrogens with one attached hydrogen (secondary N) is 1. The largest absolute Gasteiger partial charge is 0.444 e. The summed E-state index contributed by atoms with van der Waals surface area (Å²) in [5, 5.41) is 3.14. The fourth-order valence-corrected chi connectivity index (χ4v) is 6.46. The third kappa shape index (κ3) is 8.02. The van der Waals surface area contributed by atoms with Crippen LogP contribution in [0.1, 0.15) is 47.1 Å². The van der Waals surface area contributed by atoms with Crippen molar-refractivity contribution in [2.45, 2.75) is 72.4 Å². The molecule has 1 fully saturated rings. The van der Waals surface area contributed by atoms with Gasteiger partial charge in [-0.25, -0.2) is 33.3 Å². The molecule has 14 heteroatoms. The molecule has 10 nitrogen and oxygen atoms in total. The number of aromatic nitrogens is 3. The van der Waals surface area contributed by atoms with Crippen molar-refractivity contribution in [1.29, 1.82) is 0 Å². The number of halogens is 2. The molecule has 0 atom stereocenters. The van der Waals surface area contributed by atoms with Gasteiger partial charge in [-0.3, -0.25) is 5.32 Å². The molecule has 48 heavy (non-hydrogen) atoms.